The van der Waals surface area contributed by atoms with Gasteiger partial charge in [-0.05, 0) is 24.5 Å². The van der Waals surface area contributed by atoms with Gasteiger partial charge in [0, 0.05) is 18.0 Å². The first-order valence-electron chi connectivity index (χ1n) is 6.17. The third kappa shape index (κ3) is 2.98. The van der Waals surface area contributed by atoms with E-state index in [1.807, 2.05) is 12.1 Å². The molecular weight excluding hydrogens is 210 g/mol. The summed E-state index contributed by atoms with van der Waals surface area (Å²) in [5.41, 5.74) is 8.70. The van der Waals surface area contributed by atoms with E-state index in [4.69, 9.17) is 10.2 Å². The Hall–Kier alpha value is -1.54. The highest BCUT2D eigenvalue weighted by atomic mass is 16.3. The highest BCUT2D eigenvalue weighted by Crippen LogP contribution is 2.22. The first kappa shape index (κ1) is 11.9. The molecule has 0 aliphatic carbocycles. The number of hydrogen-bond donors (Lipinski definition) is 1. The number of aryl methyl sites for hydroxylation is 2. The molecule has 1 heterocycles. The van der Waals surface area contributed by atoms with Crippen molar-refractivity contribution in [1.82, 2.24) is 0 Å². The molecule has 0 radical (unpaired) electrons. The number of furan rings is 1. The Bertz CT molecular complexity index is 447. The normalized spacial score (nSPS) is 12.6. The number of hydrogen-bond acceptors (Lipinski definition) is 2. The molecule has 1 aromatic heterocycles. The summed E-state index contributed by atoms with van der Waals surface area (Å²) in [6, 6.07) is 12.5. The van der Waals surface area contributed by atoms with Crippen LogP contribution >= 0.6 is 0 Å². The smallest absolute Gasteiger partial charge is 0.108 e. The van der Waals surface area contributed by atoms with Crippen LogP contribution in [-0.4, -0.2) is 0 Å². The van der Waals surface area contributed by atoms with E-state index in [0.29, 0.717) is 0 Å². The van der Waals surface area contributed by atoms with Gasteiger partial charge in [-0.1, -0.05) is 37.3 Å². The van der Waals surface area contributed by atoms with E-state index in [1.54, 1.807) is 6.26 Å². The van der Waals surface area contributed by atoms with Crippen molar-refractivity contribution in [2.75, 3.05) is 0 Å². The molecule has 1 atom stereocenters. The molecule has 0 spiro atoms. The van der Waals surface area contributed by atoms with Crippen LogP contribution in [0.3, 0.4) is 0 Å². The topological polar surface area (TPSA) is 39.2 Å². The maximum atomic E-state index is 6.20. The summed E-state index contributed by atoms with van der Waals surface area (Å²) in [6.45, 7) is 2.09. The molecular formula is C15H19NO. The Morgan fingerprint density at radius 3 is 2.65 bits per heavy atom. The average molecular weight is 229 g/mol. The molecule has 17 heavy (non-hydrogen) atoms. The van der Waals surface area contributed by atoms with E-state index < -0.39 is 0 Å². The summed E-state index contributed by atoms with van der Waals surface area (Å²) in [4.78, 5) is 0. The molecule has 2 rings (SSSR count). The van der Waals surface area contributed by atoms with Crippen LogP contribution in [0, 0.1) is 0 Å². The van der Waals surface area contributed by atoms with Crippen LogP contribution < -0.4 is 5.73 Å². The molecule has 90 valence electrons. The molecule has 2 aromatic rings. The summed E-state index contributed by atoms with van der Waals surface area (Å²) in [7, 11) is 0. The lowest BCUT2D eigenvalue weighted by Crippen LogP contribution is -2.12. The van der Waals surface area contributed by atoms with Crippen LogP contribution in [-0.2, 0) is 12.8 Å². The largest absolute Gasteiger partial charge is 0.469 e. The van der Waals surface area contributed by atoms with E-state index >= 15 is 0 Å². The second kappa shape index (κ2) is 5.69. The third-order valence-corrected chi connectivity index (χ3v) is 3.09. The second-order valence-corrected chi connectivity index (χ2v) is 4.28. The lowest BCUT2D eigenvalue weighted by molar-refractivity contribution is 0.502. The summed E-state index contributed by atoms with van der Waals surface area (Å²) in [5.74, 6) is 1.02. The molecule has 0 aliphatic heterocycles. The van der Waals surface area contributed by atoms with E-state index in [0.717, 1.165) is 30.6 Å². The van der Waals surface area contributed by atoms with Gasteiger partial charge in [0.05, 0.1) is 6.26 Å². The molecule has 0 bridgehead atoms. The minimum Gasteiger partial charge on any atom is -0.469 e. The van der Waals surface area contributed by atoms with Gasteiger partial charge < -0.3 is 10.2 Å². The van der Waals surface area contributed by atoms with Crippen LogP contribution in [0.25, 0.3) is 0 Å². The average Bonchev–Trinajstić information content (AvgIpc) is 2.85. The first-order chi connectivity index (χ1) is 8.31. The Morgan fingerprint density at radius 2 is 1.94 bits per heavy atom. The number of benzene rings is 1. The molecule has 2 nitrogen and oxygen atoms in total. The van der Waals surface area contributed by atoms with Crippen molar-refractivity contribution in [3.63, 3.8) is 0 Å². The van der Waals surface area contributed by atoms with E-state index in [1.165, 1.54) is 5.56 Å². The van der Waals surface area contributed by atoms with E-state index in [9.17, 15) is 0 Å². The van der Waals surface area contributed by atoms with Crippen molar-refractivity contribution in [2.45, 2.75) is 32.2 Å². The Kier molecular flexibility index (Phi) is 3.99. The maximum absolute atomic E-state index is 6.20. The fourth-order valence-corrected chi connectivity index (χ4v) is 2.09. The van der Waals surface area contributed by atoms with Crippen molar-refractivity contribution in [3.05, 3.63) is 59.5 Å². The maximum Gasteiger partial charge on any atom is 0.108 e. The predicted octanol–water partition coefficient (Wildman–Crippen LogP) is 3.47. The summed E-state index contributed by atoms with van der Waals surface area (Å²) in [6.07, 6.45) is 4.60. The second-order valence-electron chi connectivity index (χ2n) is 4.28. The minimum absolute atomic E-state index is 0.0731. The first-order valence-corrected chi connectivity index (χ1v) is 6.17. The lowest BCUT2D eigenvalue weighted by atomic mass is 9.99. The monoisotopic (exact) mass is 229 g/mol. The van der Waals surface area contributed by atoms with E-state index in [-0.39, 0.29) is 6.04 Å². The van der Waals surface area contributed by atoms with Gasteiger partial charge in [-0.2, -0.15) is 0 Å². The number of rotatable bonds is 5. The molecule has 0 amide bonds. The SMILES string of the molecule is CCc1occc1C(N)CCc1ccccc1. The van der Waals surface area contributed by atoms with Crippen LogP contribution in [0.15, 0.2) is 47.1 Å². The quantitative estimate of drug-likeness (QED) is 0.852. The van der Waals surface area contributed by atoms with Crippen LogP contribution in [0.2, 0.25) is 0 Å². The van der Waals surface area contributed by atoms with Crippen LogP contribution in [0.4, 0.5) is 0 Å². The zero-order chi connectivity index (χ0) is 12.1. The zero-order valence-electron chi connectivity index (χ0n) is 10.2. The summed E-state index contributed by atoms with van der Waals surface area (Å²) >= 11 is 0. The molecule has 0 aliphatic rings. The van der Waals surface area contributed by atoms with Crippen LogP contribution in [0.1, 0.15) is 36.3 Å². The van der Waals surface area contributed by atoms with Gasteiger partial charge in [-0.3, -0.25) is 0 Å². The van der Waals surface area contributed by atoms with Gasteiger partial charge >= 0.3 is 0 Å². The molecule has 0 saturated heterocycles. The molecule has 2 heteroatoms. The zero-order valence-corrected chi connectivity index (χ0v) is 10.2. The lowest BCUT2D eigenvalue weighted by Gasteiger charge is -2.11. The fraction of sp³-hybridized carbons (Fsp3) is 0.333. The Labute approximate surface area is 102 Å². The number of nitrogens with two attached hydrogens (primary N) is 1. The van der Waals surface area contributed by atoms with Gasteiger partial charge in [0.2, 0.25) is 0 Å². The van der Waals surface area contributed by atoms with Gasteiger partial charge in [-0.15, -0.1) is 0 Å². The standard InChI is InChI=1S/C15H19NO/c1-2-15-13(10-11-17-15)14(16)9-8-12-6-4-3-5-7-12/h3-7,10-11,14H,2,8-9,16H2,1H3. The van der Waals surface area contributed by atoms with Crippen molar-refractivity contribution in [2.24, 2.45) is 5.73 Å². The van der Waals surface area contributed by atoms with E-state index in [2.05, 4.69) is 31.2 Å². The summed E-state index contributed by atoms with van der Waals surface area (Å²) < 4.78 is 5.41. The predicted molar refractivity (Wildman–Crippen MR) is 69.8 cm³/mol. The third-order valence-electron chi connectivity index (χ3n) is 3.09. The van der Waals surface area contributed by atoms with Crippen molar-refractivity contribution < 1.29 is 4.42 Å². The van der Waals surface area contributed by atoms with Crippen LogP contribution in [0.5, 0.6) is 0 Å². The van der Waals surface area contributed by atoms with Crippen molar-refractivity contribution >= 4 is 0 Å². The van der Waals surface area contributed by atoms with Crippen molar-refractivity contribution in [3.8, 4) is 0 Å². The Balaban J connectivity index is 1.96. The van der Waals surface area contributed by atoms with Crippen molar-refractivity contribution in [1.29, 1.82) is 0 Å². The molecule has 2 N–H and O–H groups in total. The van der Waals surface area contributed by atoms with Gasteiger partial charge in [0.1, 0.15) is 5.76 Å². The van der Waals surface area contributed by atoms with Gasteiger partial charge in [0.25, 0.3) is 0 Å². The van der Waals surface area contributed by atoms with Gasteiger partial charge in [-0.25, -0.2) is 0 Å². The molecule has 1 unspecified atom stereocenters. The highest BCUT2D eigenvalue weighted by molar-refractivity contribution is 5.22. The highest BCUT2D eigenvalue weighted by Gasteiger charge is 2.12. The minimum atomic E-state index is 0.0731. The summed E-state index contributed by atoms with van der Waals surface area (Å²) in [5, 5.41) is 0. The molecule has 0 saturated carbocycles. The Morgan fingerprint density at radius 1 is 1.18 bits per heavy atom. The van der Waals surface area contributed by atoms with Gasteiger partial charge in [0.15, 0.2) is 0 Å². The fourth-order valence-electron chi connectivity index (χ4n) is 2.09. The molecule has 1 aromatic carbocycles. The molecule has 0 fully saturated rings.